The minimum atomic E-state index is -0.549. The SMILES string of the molecule is CC1=NCCC[C@]2([C@@H]3CC[C@@H](C(C#N)(c4ccccc4)c4ccccc4)C3)CC12. The molecule has 0 radical (unpaired) electrons. The third-order valence-corrected chi connectivity index (χ3v) is 8.28. The van der Waals surface area contributed by atoms with E-state index in [1.165, 1.54) is 37.8 Å². The quantitative estimate of drug-likeness (QED) is 0.622. The van der Waals surface area contributed by atoms with Crippen molar-refractivity contribution in [3.05, 3.63) is 71.8 Å². The molecule has 2 fully saturated rings. The number of rotatable bonds is 4. The molecule has 1 unspecified atom stereocenters. The molecule has 1 aliphatic heterocycles. The Bertz CT molecular complexity index is 900. The zero-order valence-electron chi connectivity index (χ0n) is 17.3. The van der Waals surface area contributed by atoms with Gasteiger partial charge in [-0.3, -0.25) is 4.99 Å². The number of fused-ring (bicyclic) bond motifs is 1. The Hall–Kier alpha value is -2.40. The Balaban J connectivity index is 1.51. The predicted molar refractivity (Wildman–Crippen MR) is 118 cm³/mol. The van der Waals surface area contributed by atoms with Crippen LogP contribution in [0.5, 0.6) is 0 Å². The number of benzene rings is 2. The lowest BCUT2D eigenvalue weighted by Gasteiger charge is -2.35. The second kappa shape index (κ2) is 7.13. The van der Waals surface area contributed by atoms with Crippen LogP contribution in [0.15, 0.2) is 65.7 Å². The first-order valence-corrected chi connectivity index (χ1v) is 11.2. The fourth-order valence-electron chi connectivity index (χ4n) is 6.75. The van der Waals surface area contributed by atoms with Crippen molar-refractivity contribution in [1.29, 1.82) is 5.26 Å². The van der Waals surface area contributed by atoms with Crippen molar-refractivity contribution in [3.63, 3.8) is 0 Å². The molecule has 1 heterocycles. The molecule has 3 aliphatic rings. The predicted octanol–water partition coefficient (Wildman–Crippen LogP) is 6.17. The van der Waals surface area contributed by atoms with Gasteiger partial charge in [-0.05, 0) is 73.8 Å². The number of hydrogen-bond donors (Lipinski definition) is 0. The summed E-state index contributed by atoms with van der Waals surface area (Å²) in [5.74, 6) is 1.82. The molecule has 2 saturated carbocycles. The van der Waals surface area contributed by atoms with Crippen molar-refractivity contribution < 1.29 is 0 Å². The lowest BCUT2D eigenvalue weighted by atomic mass is 9.65. The Morgan fingerprint density at radius 1 is 1.00 bits per heavy atom. The molecule has 2 nitrogen and oxygen atoms in total. The van der Waals surface area contributed by atoms with Crippen LogP contribution in [-0.2, 0) is 5.41 Å². The van der Waals surface area contributed by atoms with E-state index in [9.17, 15) is 5.26 Å². The smallest absolute Gasteiger partial charge is 0.110 e. The molecule has 0 saturated heterocycles. The summed E-state index contributed by atoms with van der Waals surface area (Å²) in [4.78, 5) is 4.81. The van der Waals surface area contributed by atoms with Crippen LogP contribution >= 0.6 is 0 Å². The lowest BCUT2D eigenvalue weighted by molar-refractivity contribution is 0.261. The Morgan fingerprint density at radius 3 is 2.28 bits per heavy atom. The molecule has 5 rings (SSSR count). The van der Waals surface area contributed by atoms with Crippen molar-refractivity contribution in [2.45, 2.75) is 50.9 Å². The number of hydrogen-bond acceptors (Lipinski definition) is 2. The molecule has 0 amide bonds. The molecule has 2 aromatic carbocycles. The van der Waals surface area contributed by atoms with Crippen LogP contribution in [0.2, 0.25) is 0 Å². The van der Waals surface area contributed by atoms with E-state index < -0.39 is 5.41 Å². The van der Waals surface area contributed by atoms with E-state index in [4.69, 9.17) is 4.99 Å². The molecule has 2 heteroatoms. The molecule has 0 bridgehead atoms. The van der Waals surface area contributed by atoms with E-state index in [0.29, 0.717) is 17.3 Å². The standard InChI is InChI=1S/C27H30N2/c1-20-25-18-26(25,15-8-16-29-20)23-13-14-24(17-23)27(19-28,21-9-4-2-5-10-21)22-11-6-3-7-12-22/h2-7,9-12,23-25H,8,13-18H2,1H3/t23-,24-,25?,26-/m1/s1. The summed E-state index contributed by atoms with van der Waals surface area (Å²) in [7, 11) is 0. The Morgan fingerprint density at radius 2 is 1.66 bits per heavy atom. The van der Waals surface area contributed by atoms with Gasteiger partial charge in [-0.1, -0.05) is 60.7 Å². The fourth-order valence-corrected chi connectivity index (χ4v) is 6.75. The van der Waals surface area contributed by atoms with Gasteiger partial charge in [-0.25, -0.2) is 0 Å². The zero-order valence-corrected chi connectivity index (χ0v) is 17.3. The van der Waals surface area contributed by atoms with Crippen molar-refractivity contribution >= 4 is 5.71 Å². The van der Waals surface area contributed by atoms with E-state index in [1.807, 2.05) is 0 Å². The van der Waals surface area contributed by atoms with Gasteiger partial charge in [-0.2, -0.15) is 5.26 Å². The van der Waals surface area contributed by atoms with Gasteiger partial charge >= 0.3 is 0 Å². The van der Waals surface area contributed by atoms with Crippen LogP contribution in [0.1, 0.15) is 56.6 Å². The normalized spacial score (nSPS) is 31.3. The monoisotopic (exact) mass is 382 g/mol. The summed E-state index contributed by atoms with van der Waals surface area (Å²) in [6.45, 7) is 3.26. The fraction of sp³-hybridized carbons (Fsp3) is 0.481. The highest BCUT2D eigenvalue weighted by Crippen LogP contribution is 2.67. The first-order valence-electron chi connectivity index (χ1n) is 11.2. The average molecular weight is 383 g/mol. The van der Waals surface area contributed by atoms with Gasteiger partial charge in [0.15, 0.2) is 0 Å². The van der Waals surface area contributed by atoms with E-state index in [-0.39, 0.29) is 0 Å². The summed E-state index contributed by atoms with van der Waals surface area (Å²) in [6.07, 6.45) is 7.46. The number of nitriles is 1. The highest BCUT2D eigenvalue weighted by Gasteiger charge is 2.62. The molecular formula is C27H30N2. The molecule has 2 aliphatic carbocycles. The van der Waals surface area contributed by atoms with E-state index >= 15 is 0 Å². The maximum Gasteiger partial charge on any atom is 0.110 e. The molecular weight excluding hydrogens is 352 g/mol. The molecule has 0 aromatic heterocycles. The highest BCUT2D eigenvalue weighted by molar-refractivity contribution is 5.88. The highest BCUT2D eigenvalue weighted by atomic mass is 14.8. The van der Waals surface area contributed by atoms with Crippen LogP contribution in [0.4, 0.5) is 0 Å². The summed E-state index contributed by atoms with van der Waals surface area (Å²) in [5, 5.41) is 10.6. The van der Waals surface area contributed by atoms with Gasteiger partial charge in [-0.15, -0.1) is 0 Å². The van der Waals surface area contributed by atoms with Crippen LogP contribution < -0.4 is 0 Å². The summed E-state index contributed by atoms with van der Waals surface area (Å²) >= 11 is 0. The van der Waals surface area contributed by atoms with Gasteiger partial charge in [0.05, 0.1) is 6.07 Å². The van der Waals surface area contributed by atoms with Crippen molar-refractivity contribution in [3.8, 4) is 6.07 Å². The summed E-state index contributed by atoms with van der Waals surface area (Å²) in [6, 6.07) is 23.9. The zero-order chi connectivity index (χ0) is 19.9. The first-order chi connectivity index (χ1) is 14.2. The molecule has 4 atom stereocenters. The number of aliphatic imine (C=N–C) groups is 1. The molecule has 148 valence electrons. The summed E-state index contributed by atoms with van der Waals surface area (Å²) < 4.78 is 0. The van der Waals surface area contributed by atoms with Crippen molar-refractivity contribution in [1.82, 2.24) is 0 Å². The van der Waals surface area contributed by atoms with Crippen molar-refractivity contribution in [2.75, 3.05) is 6.54 Å². The Labute approximate surface area is 174 Å². The summed E-state index contributed by atoms with van der Waals surface area (Å²) in [5.41, 5.74) is 3.63. The van der Waals surface area contributed by atoms with Crippen molar-refractivity contribution in [2.24, 2.45) is 28.2 Å². The van der Waals surface area contributed by atoms with Gasteiger partial charge in [0.2, 0.25) is 0 Å². The van der Waals surface area contributed by atoms with Crippen LogP contribution in [-0.4, -0.2) is 12.3 Å². The molecule has 2 aromatic rings. The van der Waals surface area contributed by atoms with E-state index in [2.05, 4.69) is 73.7 Å². The maximum atomic E-state index is 10.6. The lowest BCUT2D eigenvalue weighted by Crippen LogP contribution is -2.34. The molecule has 29 heavy (non-hydrogen) atoms. The minimum absolute atomic E-state index is 0.374. The molecule has 0 N–H and O–H groups in total. The maximum absolute atomic E-state index is 10.6. The first kappa shape index (κ1) is 18.6. The molecule has 0 spiro atoms. The Kier molecular flexibility index (Phi) is 4.58. The topological polar surface area (TPSA) is 36.1 Å². The van der Waals surface area contributed by atoms with Gasteiger partial charge in [0.1, 0.15) is 5.41 Å². The average Bonchev–Trinajstić information content (AvgIpc) is 3.35. The van der Waals surface area contributed by atoms with E-state index in [0.717, 1.165) is 30.0 Å². The van der Waals surface area contributed by atoms with Gasteiger partial charge < -0.3 is 0 Å². The third-order valence-electron chi connectivity index (χ3n) is 8.28. The van der Waals surface area contributed by atoms with Gasteiger partial charge in [0.25, 0.3) is 0 Å². The minimum Gasteiger partial charge on any atom is -0.294 e. The van der Waals surface area contributed by atoms with E-state index in [1.54, 1.807) is 0 Å². The number of nitrogens with zero attached hydrogens (tertiary/aromatic N) is 2. The van der Waals surface area contributed by atoms with Crippen LogP contribution in [0.25, 0.3) is 0 Å². The second-order valence-electron chi connectivity index (χ2n) is 9.48. The van der Waals surface area contributed by atoms with Gasteiger partial charge in [0, 0.05) is 18.2 Å². The third kappa shape index (κ3) is 2.86. The largest absolute Gasteiger partial charge is 0.294 e. The second-order valence-corrected chi connectivity index (χ2v) is 9.48. The van der Waals surface area contributed by atoms with Crippen LogP contribution in [0, 0.1) is 34.5 Å². The van der Waals surface area contributed by atoms with Crippen LogP contribution in [0.3, 0.4) is 0 Å².